The van der Waals surface area contributed by atoms with Crippen LogP contribution in [0.25, 0.3) is 0 Å². The zero-order valence-corrected chi connectivity index (χ0v) is 10.1. The van der Waals surface area contributed by atoms with Crippen LogP contribution in [-0.4, -0.2) is 22.7 Å². The molecule has 4 N–H and O–H groups in total. The molecule has 0 unspecified atom stereocenters. The minimum atomic E-state index is 0.0345. The van der Waals surface area contributed by atoms with Crippen molar-refractivity contribution in [3.63, 3.8) is 0 Å². The Morgan fingerprint density at radius 3 is 2.53 bits per heavy atom. The van der Waals surface area contributed by atoms with E-state index in [4.69, 9.17) is 16.0 Å². The van der Waals surface area contributed by atoms with Crippen LogP contribution in [0.5, 0.6) is 0 Å². The lowest BCUT2D eigenvalue weighted by molar-refractivity contribution is 0.299. The summed E-state index contributed by atoms with van der Waals surface area (Å²) in [6.45, 7) is 0.627. The number of rotatable bonds is 3. The molecule has 0 aliphatic heterocycles. The van der Waals surface area contributed by atoms with E-state index in [2.05, 4.69) is 10.1 Å². The molecule has 0 saturated heterocycles. The third kappa shape index (κ3) is 1.98. The Bertz CT molecular complexity index is 391. The molecule has 0 atom stereocenters. The van der Waals surface area contributed by atoms with Crippen LogP contribution in [0.1, 0.15) is 56.2 Å². The fourth-order valence-corrected chi connectivity index (χ4v) is 2.65. The van der Waals surface area contributed by atoms with E-state index < -0.39 is 0 Å². The lowest BCUT2D eigenvalue weighted by Crippen LogP contribution is -2.26. The van der Waals surface area contributed by atoms with E-state index in [9.17, 15) is 0 Å². The Balaban J connectivity index is 1.72. The lowest BCUT2D eigenvalue weighted by Gasteiger charge is -2.23. The van der Waals surface area contributed by atoms with Crippen molar-refractivity contribution < 1.29 is 4.52 Å². The fourth-order valence-electron chi connectivity index (χ4n) is 2.65. The van der Waals surface area contributed by atoms with Crippen molar-refractivity contribution in [2.75, 3.05) is 6.54 Å². The van der Waals surface area contributed by atoms with E-state index in [0.717, 1.165) is 50.2 Å². The average Bonchev–Trinajstić information content (AvgIpc) is 3.00. The van der Waals surface area contributed by atoms with Crippen molar-refractivity contribution in [1.29, 1.82) is 0 Å². The summed E-state index contributed by atoms with van der Waals surface area (Å²) in [6, 6.07) is 0.354. The van der Waals surface area contributed by atoms with Crippen LogP contribution < -0.4 is 11.5 Å². The first-order valence-corrected chi connectivity index (χ1v) is 6.53. The van der Waals surface area contributed by atoms with Crippen LogP contribution in [0.15, 0.2) is 4.52 Å². The first-order valence-electron chi connectivity index (χ1n) is 6.53. The summed E-state index contributed by atoms with van der Waals surface area (Å²) in [5.74, 6) is 2.03. The summed E-state index contributed by atoms with van der Waals surface area (Å²) in [4.78, 5) is 4.57. The van der Waals surface area contributed by atoms with Crippen molar-refractivity contribution >= 4 is 0 Å². The molecule has 5 heteroatoms. The molecular weight excluding hydrogens is 216 g/mol. The number of nitrogens with two attached hydrogens (primary N) is 2. The van der Waals surface area contributed by atoms with Crippen LogP contribution in [0, 0.1) is 0 Å². The lowest BCUT2D eigenvalue weighted by atomic mass is 9.86. The molecule has 2 saturated carbocycles. The van der Waals surface area contributed by atoms with Gasteiger partial charge in [-0.3, -0.25) is 0 Å². The zero-order chi connectivity index (χ0) is 11.9. The summed E-state index contributed by atoms with van der Waals surface area (Å²) < 4.78 is 5.41. The smallest absolute Gasteiger partial charge is 0.229 e. The maximum Gasteiger partial charge on any atom is 0.229 e. The summed E-state index contributed by atoms with van der Waals surface area (Å²) in [5.41, 5.74) is 11.7. The maximum atomic E-state index is 5.90. The standard InChI is InChI=1S/C12H20N4O/c13-7-12(5-6-12)11-15-10(17-16-11)8-1-3-9(14)4-2-8/h8-9H,1-7,13-14H2/t8-,9-. The van der Waals surface area contributed by atoms with Gasteiger partial charge in [-0.05, 0) is 38.5 Å². The fraction of sp³-hybridized carbons (Fsp3) is 0.833. The molecule has 0 spiro atoms. The maximum absolute atomic E-state index is 5.90. The van der Waals surface area contributed by atoms with Crippen LogP contribution in [0.2, 0.25) is 0 Å². The molecule has 0 amide bonds. The Morgan fingerprint density at radius 2 is 1.94 bits per heavy atom. The van der Waals surface area contributed by atoms with Gasteiger partial charge in [0.15, 0.2) is 5.82 Å². The molecule has 2 aliphatic carbocycles. The van der Waals surface area contributed by atoms with Crippen LogP contribution in [-0.2, 0) is 5.41 Å². The summed E-state index contributed by atoms with van der Waals surface area (Å²) >= 11 is 0. The molecular formula is C12H20N4O. The minimum absolute atomic E-state index is 0.0345. The zero-order valence-electron chi connectivity index (χ0n) is 10.1. The first-order chi connectivity index (χ1) is 8.23. The normalized spacial score (nSPS) is 31.4. The minimum Gasteiger partial charge on any atom is -0.339 e. The number of nitrogens with zero attached hydrogens (tertiary/aromatic N) is 2. The molecule has 2 fully saturated rings. The third-order valence-corrected chi connectivity index (χ3v) is 4.28. The van der Waals surface area contributed by atoms with Crippen molar-refractivity contribution in [2.45, 2.75) is 55.9 Å². The van der Waals surface area contributed by atoms with E-state index in [-0.39, 0.29) is 5.41 Å². The molecule has 2 aliphatic rings. The van der Waals surface area contributed by atoms with Gasteiger partial charge in [0.1, 0.15) is 0 Å². The van der Waals surface area contributed by atoms with Gasteiger partial charge in [-0.25, -0.2) is 0 Å². The topological polar surface area (TPSA) is 91.0 Å². The van der Waals surface area contributed by atoms with Crippen molar-refractivity contribution in [1.82, 2.24) is 10.1 Å². The Labute approximate surface area is 101 Å². The van der Waals surface area contributed by atoms with Gasteiger partial charge in [-0.1, -0.05) is 5.16 Å². The first kappa shape index (κ1) is 11.2. The molecule has 0 aromatic carbocycles. The van der Waals surface area contributed by atoms with Crippen molar-refractivity contribution in [3.8, 4) is 0 Å². The van der Waals surface area contributed by atoms with Crippen LogP contribution in [0.3, 0.4) is 0 Å². The van der Waals surface area contributed by atoms with Gasteiger partial charge in [0.2, 0.25) is 5.89 Å². The van der Waals surface area contributed by atoms with Gasteiger partial charge < -0.3 is 16.0 Å². The highest BCUT2D eigenvalue weighted by Crippen LogP contribution is 2.46. The Kier molecular flexibility index (Phi) is 2.67. The number of aromatic nitrogens is 2. The molecule has 1 aromatic heterocycles. The monoisotopic (exact) mass is 236 g/mol. The second kappa shape index (κ2) is 4.07. The highest BCUT2D eigenvalue weighted by Gasteiger charge is 2.47. The van der Waals surface area contributed by atoms with Crippen molar-refractivity contribution in [3.05, 3.63) is 11.7 Å². The molecule has 3 rings (SSSR count). The largest absolute Gasteiger partial charge is 0.339 e. The molecule has 1 aromatic rings. The SMILES string of the molecule is NCC1(c2noc([C@H]3CC[C@H](N)CC3)n2)CC1. The van der Waals surface area contributed by atoms with E-state index in [1.807, 2.05) is 0 Å². The van der Waals surface area contributed by atoms with E-state index >= 15 is 0 Å². The van der Waals surface area contributed by atoms with E-state index in [0.29, 0.717) is 18.5 Å². The quantitative estimate of drug-likeness (QED) is 0.818. The predicted molar refractivity (Wildman–Crippen MR) is 63.4 cm³/mol. The molecule has 1 heterocycles. The summed E-state index contributed by atoms with van der Waals surface area (Å²) in [7, 11) is 0. The number of hydrogen-bond acceptors (Lipinski definition) is 5. The van der Waals surface area contributed by atoms with Crippen LogP contribution in [0.4, 0.5) is 0 Å². The van der Waals surface area contributed by atoms with Gasteiger partial charge in [-0.15, -0.1) is 0 Å². The molecule has 0 radical (unpaired) electrons. The van der Waals surface area contributed by atoms with Gasteiger partial charge >= 0.3 is 0 Å². The summed E-state index contributed by atoms with van der Waals surface area (Å²) in [5, 5.41) is 4.12. The molecule has 94 valence electrons. The highest BCUT2D eigenvalue weighted by molar-refractivity contribution is 5.18. The summed E-state index contributed by atoms with van der Waals surface area (Å²) in [6.07, 6.45) is 6.45. The highest BCUT2D eigenvalue weighted by atomic mass is 16.5. The molecule has 0 bridgehead atoms. The Morgan fingerprint density at radius 1 is 1.24 bits per heavy atom. The second-order valence-electron chi connectivity index (χ2n) is 5.55. The third-order valence-electron chi connectivity index (χ3n) is 4.28. The number of hydrogen-bond donors (Lipinski definition) is 2. The predicted octanol–water partition coefficient (Wildman–Crippen LogP) is 1.04. The van der Waals surface area contributed by atoms with Gasteiger partial charge in [0.25, 0.3) is 0 Å². The molecule has 5 nitrogen and oxygen atoms in total. The van der Waals surface area contributed by atoms with Gasteiger partial charge in [-0.2, -0.15) is 4.98 Å². The average molecular weight is 236 g/mol. The molecule has 17 heavy (non-hydrogen) atoms. The van der Waals surface area contributed by atoms with Crippen molar-refractivity contribution in [2.24, 2.45) is 11.5 Å². The van der Waals surface area contributed by atoms with Crippen LogP contribution >= 0.6 is 0 Å². The Hall–Kier alpha value is -0.940. The van der Waals surface area contributed by atoms with E-state index in [1.165, 1.54) is 0 Å². The second-order valence-corrected chi connectivity index (χ2v) is 5.55. The van der Waals surface area contributed by atoms with Gasteiger partial charge in [0, 0.05) is 23.9 Å². The van der Waals surface area contributed by atoms with E-state index in [1.54, 1.807) is 0 Å². The van der Waals surface area contributed by atoms with Gasteiger partial charge in [0.05, 0.1) is 0 Å².